The Morgan fingerprint density at radius 3 is 2.26 bits per heavy atom. The van der Waals surface area contributed by atoms with Gasteiger partial charge < -0.3 is 15.9 Å². The lowest BCUT2D eigenvalue weighted by Crippen LogP contribution is -2.06. The highest BCUT2D eigenvalue weighted by atomic mass is 16.3. The predicted molar refractivity (Wildman–Crippen MR) is 76.2 cm³/mol. The van der Waals surface area contributed by atoms with E-state index in [0.717, 1.165) is 11.3 Å². The van der Waals surface area contributed by atoms with E-state index in [1.165, 1.54) is 6.07 Å². The third-order valence-corrected chi connectivity index (χ3v) is 3.79. The predicted octanol–water partition coefficient (Wildman–Crippen LogP) is 2.73. The highest BCUT2D eigenvalue weighted by Gasteiger charge is 2.59. The molecule has 2 atom stereocenters. The lowest BCUT2D eigenvalue weighted by Gasteiger charge is -2.04. The van der Waals surface area contributed by atoms with Crippen molar-refractivity contribution in [3.63, 3.8) is 0 Å². The standard InChI is InChI=1S/C15H20N2O2/c1-8(17-9(2)16)13-14(15(13,3)4)10-5-11(18)7-12(19)6-10/h5-7,13-14,18-19H,1H2,2-4H3,(H2,16,17). The number of aromatic hydroxyl groups is 2. The summed E-state index contributed by atoms with van der Waals surface area (Å²) in [6.07, 6.45) is 0. The lowest BCUT2D eigenvalue weighted by atomic mass is 10.0. The van der Waals surface area contributed by atoms with Crippen molar-refractivity contribution in [3.8, 4) is 11.5 Å². The smallest absolute Gasteiger partial charge is 0.119 e. The fraction of sp³-hybridized carbons (Fsp3) is 0.400. The number of nitrogens with zero attached hydrogens (tertiary/aromatic N) is 1. The molecule has 1 fully saturated rings. The molecule has 4 heteroatoms. The summed E-state index contributed by atoms with van der Waals surface area (Å²) in [4.78, 5) is 4.23. The molecule has 0 bridgehead atoms. The summed E-state index contributed by atoms with van der Waals surface area (Å²) in [6.45, 7) is 9.95. The molecule has 0 amide bonds. The van der Waals surface area contributed by atoms with Gasteiger partial charge in [-0.2, -0.15) is 0 Å². The maximum absolute atomic E-state index is 9.58. The number of aliphatic imine (C=N–C) groups is 1. The van der Waals surface area contributed by atoms with E-state index in [2.05, 4.69) is 25.4 Å². The summed E-state index contributed by atoms with van der Waals surface area (Å²) in [5.41, 5.74) is 7.23. The monoisotopic (exact) mass is 260 g/mol. The van der Waals surface area contributed by atoms with Gasteiger partial charge in [0.15, 0.2) is 0 Å². The molecule has 1 saturated carbocycles. The molecule has 0 aliphatic heterocycles. The fourth-order valence-corrected chi connectivity index (χ4v) is 2.98. The van der Waals surface area contributed by atoms with Crippen molar-refractivity contribution in [2.75, 3.05) is 0 Å². The molecule has 1 aliphatic rings. The van der Waals surface area contributed by atoms with E-state index in [9.17, 15) is 10.2 Å². The van der Waals surface area contributed by atoms with Gasteiger partial charge in [-0.25, -0.2) is 4.99 Å². The number of hydrogen-bond acceptors (Lipinski definition) is 3. The summed E-state index contributed by atoms with van der Waals surface area (Å²) in [5, 5.41) is 19.2. The minimum Gasteiger partial charge on any atom is -0.508 e. The number of phenols is 2. The van der Waals surface area contributed by atoms with E-state index in [1.807, 2.05) is 0 Å². The number of allylic oxidation sites excluding steroid dienone is 1. The number of phenolic OH excluding ortho intramolecular Hbond substituents is 2. The molecule has 102 valence electrons. The molecule has 0 aromatic heterocycles. The van der Waals surface area contributed by atoms with Gasteiger partial charge in [-0.15, -0.1) is 0 Å². The maximum Gasteiger partial charge on any atom is 0.119 e. The average molecular weight is 260 g/mol. The van der Waals surface area contributed by atoms with E-state index < -0.39 is 0 Å². The summed E-state index contributed by atoms with van der Waals surface area (Å²) in [6, 6.07) is 4.68. The van der Waals surface area contributed by atoms with E-state index in [0.29, 0.717) is 5.84 Å². The summed E-state index contributed by atoms with van der Waals surface area (Å²) >= 11 is 0. The first kappa shape index (κ1) is 13.5. The zero-order chi connectivity index (χ0) is 14.4. The second-order valence-corrected chi connectivity index (χ2v) is 5.80. The van der Waals surface area contributed by atoms with Crippen molar-refractivity contribution >= 4 is 5.84 Å². The molecule has 1 aromatic rings. The van der Waals surface area contributed by atoms with Gasteiger partial charge >= 0.3 is 0 Å². The Balaban J connectivity index is 2.31. The number of hydrogen-bond donors (Lipinski definition) is 3. The Morgan fingerprint density at radius 2 is 1.79 bits per heavy atom. The summed E-state index contributed by atoms with van der Waals surface area (Å²) in [5.74, 6) is 0.986. The molecule has 0 saturated heterocycles. The van der Waals surface area contributed by atoms with Crippen LogP contribution in [0.15, 0.2) is 35.5 Å². The summed E-state index contributed by atoms with van der Waals surface area (Å²) < 4.78 is 0. The van der Waals surface area contributed by atoms with E-state index in [-0.39, 0.29) is 28.7 Å². The van der Waals surface area contributed by atoms with E-state index in [1.54, 1.807) is 19.1 Å². The van der Waals surface area contributed by atoms with Crippen molar-refractivity contribution < 1.29 is 10.2 Å². The van der Waals surface area contributed by atoms with Gasteiger partial charge in [-0.3, -0.25) is 0 Å². The van der Waals surface area contributed by atoms with Gasteiger partial charge in [0.2, 0.25) is 0 Å². The van der Waals surface area contributed by atoms with Crippen molar-refractivity contribution in [1.29, 1.82) is 0 Å². The summed E-state index contributed by atoms with van der Waals surface area (Å²) in [7, 11) is 0. The van der Waals surface area contributed by atoms with Crippen molar-refractivity contribution in [2.45, 2.75) is 26.7 Å². The quantitative estimate of drug-likeness (QED) is 0.577. The number of amidine groups is 1. The van der Waals surface area contributed by atoms with Crippen LogP contribution in [0.2, 0.25) is 0 Å². The normalized spacial score (nSPS) is 25.1. The first-order valence-corrected chi connectivity index (χ1v) is 6.26. The Kier molecular flexibility index (Phi) is 3.04. The first-order valence-electron chi connectivity index (χ1n) is 6.26. The highest BCUT2D eigenvalue weighted by molar-refractivity contribution is 5.78. The van der Waals surface area contributed by atoms with Crippen LogP contribution < -0.4 is 5.73 Å². The molecule has 0 spiro atoms. The van der Waals surface area contributed by atoms with E-state index >= 15 is 0 Å². The van der Waals surface area contributed by atoms with Gasteiger partial charge in [-0.1, -0.05) is 20.4 Å². The molecular weight excluding hydrogens is 240 g/mol. The van der Waals surface area contributed by atoms with Crippen molar-refractivity contribution in [1.82, 2.24) is 0 Å². The lowest BCUT2D eigenvalue weighted by molar-refractivity contribution is 0.448. The van der Waals surface area contributed by atoms with Crippen LogP contribution in [-0.2, 0) is 0 Å². The molecule has 1 aliphatic carbocycles. The van der Waals surface area contributed by atoms with Crippen LogP contribution in [0.3, 0.4) is 0 Å². The highest BCUT2D eigenvalue weighted by Crippen LogP contribution is 2.67. The Hall–Kier alpha value is -1.97. The molecule has 2 rings (SSSR count). The zero-order valence-corrected chi connectivity index (χ0v) is 11.5. The second kappa shape index (κ2) is 4.30. The molecule has 19 heavy (non-hydrogen) atoms. The van der Waals surface area contributed by atoms with Gasteiger partial charge in [-0.05, 0) is 36.0 Å². The molecule has 4 nitrogen and oxygen atoms in total. The Labute approximate surface area is 113 Å². The van der Waals surface area contributed by atoms with Crippen LogP contribution in [0.4, 0.5) is 0 Å². The van der Waals surface area contributed by atoms with Crippen molar-refractivity contribution in [3.05, 3.63) is 36.0 Å². The van der Waals surface area contributed by atoms with Crippen LogP contribution in [0.25, 0.3) is 0 Å². The average Bonchev–Trinajstić information content (AvgIpc) is 2.79. The maximum atomic E-state index is 9.58. The van der Waals surface area contributed by atoms with Crippen LogP contribution in [-0.4, -0.2) is 16.0 Å². The van der Waals surface area contributed by atoms with E-state index in [4.69, 9.17) is 5.73 Å². The van der Waals surface area contributed by atoms with Crippen LogP contribution in [0, 0.1) is 11.3 Å². The van der Waals surface area contributed by atoms with Gasteiger partial charge in [0.05, 0.1) is 5.84 Å². The molecule has 2 unspecified atom stereocenters. The zero-order valence-electron chi connectivity index (χ0n) is 11.5. The Morgan fingerprint density at radius 1 is 1.26 bits per heavy atom. The second-order valence-electron chi connectivity index (χ2n) is 5.80. The minimum atomic E-state index is -0.00370. The minimum absolute atomic E-state index is 0.00370. The number of benzene rings is 1. The largest absolute Gasteiger partial charge is 0.508 e. The molecular formula is C15H20N2O2. The van der Waals surface area contributed by atoms with Gasteiger partial charge in [0.1, 0.15) is 11.5 Å². The number of nitrogens with two attached hydrogens (primary N) is 1. The Bertz CT molecular complexity index is 537. The molecule has 4 N–H and O–H groups in total. The third-order valence-electron chi connectivity index (χ3n) is 3.79. The van der Waals surface area contributed by atoms with Gasteiger partial charge in [0.25, 0.3) is 0 Å². The SMILES string of the molecule is C=C(N=C(C)N)C1C(c2cc(O)cc(O)c2)C1(C)C. The third kappa shape index (κ3) is 2.43. The van der Waals surface area contributed by atoms with Crippen LogP contribution in [0.1, 0.15) is 32.3 Å². The van der Waals surface area contributed by atoms with Gasteiger partial charge in [0, 0.05) is 17.7 Å². The topological polar surface area (TPSA) is 78.8 Å². The number of rotatable bonds is 3. The van der Waals surface area contributed by atoms with Crippen molar-refractivity contribution in [2.24, 2.45) is 22.1 Å². The first-order chi connectivity index (χ1) is 8.73. The van der Waals surface area contributed by atoms with Crippen LogP contribution in [0.5, 0.6) is 11.5 Å². The molecule has 0 heterocycles. The van der Waals surface area contributed by atoms with Crippen LogP contribution >= 0.6 is 0 Å². The molecule has 1 aromatic carbocycles. The fourth-order valence-electron chi connectivity index (χ4n) is 2.98. The molecule has 0 radical (unpaired) electrons.